The predicted octanol–water partition coefficient (Wildman–Crippen LogP) is 3.36. The van der Waals surface area contributed by atoms with Crippen LogP contribution in [0.3, 0.4) is 0 Å². The fraction of sp³-hybridized carbons (Fsp3) is 1.00. The molecule has 0 spiro atoms. The fourth-order valence-electron chi connectivity index (χ4n) is 2.86. The first-order valence-corrected chi connectivity index (χ1v) is 14.2. The average Bonchev–Trinajstić information content (AvgIpc) is 2.57. The number of hydrogen-bond acceptors (Lipinski definition) is 4. The maximum Gasteiger partial charge on any atom is 0.154 e. The monoisotopic (exact) mass is 378 g/mol. The van der Waals surface area contributed by atoms with E-state index < -0.39 is 0 Å². The molecule has 0 aromatic rings. The van der Waals surface area contributed by atoms with Crippen LogP contribution in [0, 0.1) is 0 Å². The molecule has 4 nitrogen and oxygen atoms in total. The van der Waals surface area contributed by atoms with Crippen LogP contribution in [-0.4, -0.2) is 58.0 Å². The van der Waals surface area contributed by atoms with Crippen molar-refractivity contribution < 1.29 is 18.9 Å². The van der Waals surface area contributed by atoms with E-state index >= 15 is 0 Å². The van der Waals surface area contributed by atoms with Crippen LogP contribution in [-0.2, 0) is 18.9 Å². The Balaban J connectivity index is 3.38. The quantitative estimate of drug-likeness (QED) is 0.196. The minimum absolute atomic E-state index is 0.0177. The van der Waals surface area contributed by atoms with E-state index in [4.69, 9.17) is 18.9 Å². The van der Waals surface area contributed by atoms with Crippen LogP contribution in [0.15, 0.2) is 0 Å². The lowest BCUT2D eigenvalue weighted by Gasteiger charge is -2.16. The Labute approximate surface area is 155 Å². The highest BCUT2D eigenvalue weighted by Crippen LogP contribution is 2.10. The molecule has 0 N–H and O–H groups in total. The molecule has 0 bridgehead atoms. The molecule has 6 heteroatoms. The highest BCUT2D eigenvalue weighted by molar-refractivity contribution is 6.35. The van der Waals surface area contributed by atoms with Gasteiger partial charge in [-0.2, -0.15) is 0 Å². The molecule has 0 fully saturated rings. The van der Waals surface area contributed by atoms with Crippen LogP contribution in [0.25, 0.3) is 0 Å². The Kier molecular flexibility index (Phi) is 19.8. The molecule has 0 aliphatic rings. The molecule has 0 heterocycles. The number of rotatable bonds is 19. The Bertz CT molecular complexity index is 209. The Morgan fingerprint density at radius 1 is 0.542 bits per heavy atom. The largest absolute Gasteiger partial charge is 0.353 e. The topological polar surface area (TPSA) is 36.9 Å². The molecule has 0 rings (SSSR count). The summed E-state index contributed by atoms with van der Waals surface area (Å²) in [6, 6.07) is 5.21. The van der Waals surface area contributed by atoms with Crippen LogP contribution < -0.4 is 0 Å². The third kappa shape index (κ3) is 15.8. The molecule has 0 aliphatic heterocycles. The van der Waals surface area contributed by atoms with Gasteiger partial charge in [0.05, 0.1) is 0 Å². The maximum absolute atomic E-state index is 5.60. The highest BCUT2D eigenvalue weighted by atomic mass is 28.2. The molecular formula is C18H42O4Si2. The summed E-state index contributed by atoms with van der Waals surface area (Å²) in [6.07, 6.45) is 5.74. The van der Waals surface area contributed by atoms with Crippen LogP contribution in [0.4, 0.5) is 0 Å². The van der Waals surface area contributed by atoms with Crippen molar-refractivity contribution in [2.45, 2.75) is 90.1 Å². The molecule has 0 aliphatic carbocycles. The number of ether oxygens (including phenoxy) is 4. The first-order chi connectivity index (χ1) is 11.8. The summed E-state index contributed by atoms with van der Waals surface area (Å²) in [7, 11) is -0.0354. The van der Waals surface area contributed by atoms with E-state index in [9.17, 15) is 0 Å². The van der Waals surface area contributed by atoms with E-state index in [1.807, 2.05) is 27.7 Å². The molecule has 0 amide bonds. The Hall–Kier alpha value is 0.274. The van der Waals surface area contributed by atoms with Crippen LogP contribution in [0.1, 0.15) is 53.4 Å². The van der Waals surface area contributed by atoms with Gasteiger partial charge in [0.1, 0.15) is 0 Å². The summed E-state index contributed by atoms with van der Waals surface area (Å²) < 4.78 is 22.4. The number of unbranched alkanes of at least 4 members (excludes halogenated alkanes) is 3. The van der Waals surface area contributed by atoms with Crippen molar-refractivity contribution in [3.05, 3.63) is 0 Å². The van der Waals surface area contributed by atoms with Gasteiger partial charge in [-0.15, -0.1) is 0 Å². The van der Waals surface area contributed by atoms with E-state index in [0.29, 0.717) is 0 Å². The molecule has 0 saturated heterocycles. The van der Waals surface area contributed by atoms with Crippen molar-refractivity contribution in [1.82, 2.24) is 0 Å². The van der Waals surface area contributed by atoms with Gasteiger partial charge in [0.25, 0.3) is 0 Å². The predicted molar refractivity (Wildman–Crippen MR) is 109 cm³/mol. The zero-order valence-electron chi connectivity index (χ0n) is 16.7. The standard InChI is InChI=1S/C18H42O4Si2/c1-5-19-17(20-6-2)15-23-13-11-9-10-12-14-24-16-18(21-7-3)22-8-4/h17-18H,5-16,23-24H2,1-4H3. The summed E-state index contributed by atoms with van der Waals surface area (Å²) >= 11 is 0. The van der Waals surface area contributed by atoms with Gasteiger partial charge in [-0.3, -0.25) is 0 Å². The zero-order valence-corrected chi connectivity index (χ0v) is 19.5. The SMILES string of the molecule is CCOC(C[SiH2]CCCCCC[SiH2]CC(OCC)OCC)OCC. The minimum Gasteiger partial charge on any atom is -0.353 e. The van der Waals surface area contributed by atoms with E-state index in [0.717, 1.165) is 26.4 Å². The lowest BCUT2D eigenvalue weighted by Crippen LogP contribution is -2.19. The molecule has 146 valence electrons. The van der Waals surface area contributed by atoms with E-state index in [1.54, 1.807) is 0 Å². The molecule has 24 heavy (non-hydrogen) atoms. The van der Waals surface area contributed by atoms with Crippen molar-refractivity contribution >= 4 is 19.0 Å². The fourth-order valence-corrected chi connectivity index (χ4v) is 6.18. The van der Waals surface area contributed by atoms with Gasteiger partial charge in [0, 0.05) is 45.5 Å². The van der Waals surface area contributed by atoms with Crippen molar-refractivity contribution in [3.63, 3.8) is 0 Å². The first kappa shape index (κ1) is 24.3. The van der Waals surface area contributed by atoms with Crippen molar-refractivity contribution in [1.29, 1.82) is 0 Å². The molecular weight excluding hydrogens is 336 g/mol. The van der Waals surface area contributed by atoms with Gasteiger partial charge >= 0.3 is 0 Å². The van der Waals surface area contributed by atoms with Crippen LogP contribution in [0.5, 0.6) is 0 Å². The second-order valence-corrected chi connectivity index (χ2v) is 10.1. The van der Waals surface area contributed by atoms with Crippen molar-refractivity contribution in [2.24, 2.45) is 0 Å². The summed E-state index contributed by atoms with van der Waals surface area (Å²) in [6.45, 7) is 11.2. The third-order valence-electron chi connectivity index (χ3n) is 4.04. The lowest BCUT2D eigenvalue weighted by atomic mass is 10.2. The summed E-state index contributed by atoms with van der Waals surface area (Å²) in [5.41, 5.74) is 0. The van der Waals surface area contributed by atoms with Crippen molar-refractivity contribution in [3.8, 4) is 0 Å². The third-order valence-corrected chi connectivity index (χ3v) is 7.80. The van der Waals surface area contributed by atoms with E-state index in [2.05, 4.69) is 0 Å². The number of hydrogen-bond donors (Lipinski definition) is 0. The van der Waals surface area contributed by atoms with Crippen molar-refractivity contribution in [2.75, 3.05) is 26.4 Å². The van der Waals surface area contributed by atoms with Crippen LogP contribution >= 0.6 is 0 Å². The minimum atomic E-state index is -0.0177. The maximum atomic E-state index is 5.60. The zero-order chi connectivity index (χ0) is 17.9. The average molecular weight is 379 g/mol. The molecule has 0 unspecified atom stereocenters. The highest BCUT2D eigenvalue weighted by Gasteiger charge is 2.08. The lowest BCUT2D eigenvalue weighted by molar-refractivity contribution is -0.123. The summed E-state index contributed by atoms with van der Waals surface area (Å²) in [4.78, 5) is 0. The van der Waals surface area contributed by atoms with Gasteiger partial charge in [0.15, 0.2) is 12.6 Å². The normalized spacial score (nSPS) is 12.8. The molecule has 0 radical (unpaired) electrons. The van der Waals surface area contributed by atoms with Gasteiger partial charge in [-0.25, -0.2) is 0 Å². The Morgan fingerprint density at radius 2 is 0.875 bits per heavy atom. The second kappa shape index (κ2) is 19.6. The van der Waals surface area contributed by atoms with Gasteiger partial charge < -0.3 is 18.9 Å². The van der Waals surface area contributed by atoms with Gasteiger partial charge in [-0.1, -0.05) is 37.8 Å². The van der Waals surface area contributed by atoms with Gasteiger partial charge in [0.2, 0.25) is 0 Å². The summed E-state index contributed by atoms with van der Waals surface area (Å²) in [5, 5.41) is 0. The second-order valence-electron chi connectivity index (χ2n) is 6.09. The molecule has 0 saturated carbocycles. The molecule has 0 atom stereocenters. The Morgan fingerprint density at radius 3 is 1.17 bits per heavy atom. The smallest absolute Gasteiger partial charge is 0.154 e. The van der Waals surface area contributed by atoms with Crippen LogP contribution in [0.2, 0.25) is 24.2 Å². The first-order valence-electron chi connectivity index (χ1n) is 10.2. The van der Waals surface area contributed by atoms with Gasteiger partial charge in [-0.05, 0) is 39.8 Å². The molecule has 0 aromatic carbocycles. The summed E-state index contributed by atoms with van der Waals surface area (Å²) in [5.74, 6) is 0. The van der Waals surface area contributed by atoms with E-state index in [-0.39, 0.29) is 31.6 Å². The van der Waals surface area contributed by atoms with E-state index in [1.165, 1.54) is 49.9 Å². The molecule has 0 aromatic heterocycles.